The molecular formula is C12H20O3. The minimum atomic E-state index is -0.783. The monoisotopic (exact) mass is 212 g/mol. The van der Waals surface area contributed by atoms with Crippen molar-refractivity contribution in [3.63, 3.8) is 0 Å². The van der Waals surface area contributed by atoms with Crippen LogP contribution in [0.5, 0.6) is 0 Å². The van der Waals surface area contributed by atoms with Crippen LogP contribution in [0.4, 0.5) is 0 Å². The van der Waals surface area contributed by atoms with Gasteiger partial charge < -0.3 is 5.11 Å². The summed E-state index contributed by atoms with van der Waals surface area (Å²) in [5.74, 6) is -1.01. The van der Waals surface area contributed by atoms with Crippen molar-refractivity contribution >= 4 is 11.6 Å². The highest BCUT2D eigenvalue weighted by atomic mass is 16.3. The highest BCUT2D eigenvalue weighted by Gasteiger charge is 2.26. The highest BCUT2D eigenvalue weighted by Crippen LogP contribution is 2.17. The Bertz CT molecular complexity index is 225. The Morgan fingerprint density at radius 2 is 1.53 bits per heavy atom. The standard InChI is InChI=1S/C12H20O3/c1-4-6-10(14)12(9(3)8-13)11(15)7-5-2/h12-13H,3-8H2,1-2H3. The molecule has 86 valence electrons. The molecule has 0 aliphatic rings. The van der Waals surface area contributed by atoms with E-state index in [0.717, 1.165) is 0 Å². The minimum Gasteiger partial charge on any atom is -0.392 e. The molecule has 0 spiro atoms. The van der Waals surface area contributed by atoms with Crippen molar-refractivity contribution in [2.75, 3.05) is 6.61 Å². The summed E-state index contributed by atoms with van der Waals surface area (Å²) in [6, 6.07) is 0. The van der Waals surface area contributed by atoms with Gasteiger partial charge in [0.05, 0.1) is 12.5 Å². The first-order chi connectivity index (χ1) is 7.08. The maximum Gasteiger partial charge on any atom is 0.147 e. The van der Waals surface area contributed by atoms with E-state index in [4.69, 9.17) is 5.11 Å². The summed E-state index contributed by atoms with van der Waals surface area (Å²) >= 11 is 0. The second kappa shape index (κ2) is 7.35. The quantitative estimate of drug-likeness (QED) is 0.494. The molecular weight excluding hydrogens is 192 g/mol. The molecule has 0 aromatic heterocycles. The number of hydrogen-bond donors (Lipinski definition) is 1. The Hall–Kier alpha value is -0.960. The fraction of sp³-hybridized carbons (Fsp3) is 0.667. The van der Waals surface area contributed by atoms with Crippen molar-refractivity contribution in [3.8, 4) is 0 Å². The smallest absolute Gasteiger partial charge is 0.147 e. The molecule has 0 aromatic carbocycles. The fourth-order valence-corrected chi connectivity index (χ4v) is 1.51. The van der Waals surface area contributed by atoms with E-state index >= 15 is 0 Å². The van der Waals surface area contributed by atoms with Crippen LogP contribution in [0.2, 0.25) is 0 Å². The van der Waals surface area contributed by atoms with E-state index in [0.29, 0.717) is 31.3 Å². The Morgan fingerprint density at radius 3 is 1.80 bits per heavy atom. The third kappa shape index (κ3) is 4.38. The summed E-state index contributed by atoms with van der Waals surface area (Å²) in [6.07, 6.45) is 2.18. The van der Waals surface area contributed by atoms with Gasteiger partial charge in [-0.15, -0.1) is 0 Å². The molecule has 0 aliphatic carbocycles. The van der Waals surface area contributed by atoms with Gasteiger partial charge in [0, 0.05) is 12.8 Å². The van der Waals surface area contributed by atoms with E-state index < -0.39 is 5.92 Å². The second-order valence-corrected chi connectivity index (χ2v) is 3.68. The Labute approximate surface area is 91.2 Å². The van der Waals surface area contributed by atoms with E-state index in [1.165, 1.54) is 0 Å². The number of ketones is 2. The molecule has 3 heteroatoms. The molecule has 0 atom stereocenters. The SMILES string of the molecule is C=C(CO)C(C(=O)CCC)C(=O)CCC. The average Bonchev–Trinajstić information content (AvgIpc) is 2.18. The molecule has 0 aromatic rings. The molecule has 0 saturated carbocycles. The summed E-state index contributed by atoms with van der Waals surface area (Å²) in [5.41, 5.74) is 0.326. The van der Waals surface area contributed by atoms with Gasteiger partial charge in [-0.05, 0) is 18.4 Å². The van der Waals surface area contributed by atoms with Gasteiger partial charge in [-0.25, -0.2) is 0 Å². The predicted molar refractivity (Wildman–Crippen MR) is 59.5 cm³/mol. The summed E-state index contributed by atoms with van der Waals surface area (Å²) in [4.78, 5) is 23.3. The normalized spacial score (nSPS) is 10.4. The molecule has 0 amide bonds. The molecule has 0 saturated heterocycles. The van der Waals surface area contributed by atoms with Crippen LogP contribution in [-0.4, -0.2) is 23.3 Å². The summed E-state index contributed by atoms with van der Waals surface area (Å²) in [5, 5.41) is 8.94. The van der Waals surface area contributed by atoms with Crippen LogP contribution in [-0.2, 0) is 9.59 Å². The van der Waals surface area contributed by atoms with Gasteiger partial charge >= 0.3 is 0 Å². The molecule has 1 N–H and O–H groups in total. The van der Waals surface area contributed by atoms with E-state index in [1.54, 1.807) is 0 Å². The lowest BCUT2D eigenvalue weighted by atomic mass is 9.87. The van der Waals surface area contributed by atoms with Crippen LogP contribution < -0.4 is 0 Å². The Balaban J connectivity index is 4.64. The van der Waals surface area contributed by atoms with Crippen LogP contribution in [0.3, 0.4) is 0 Å². The molecule has 3 nitrogen and oxygen atoms in total. The van der Waals surface area contributed by atoms with Crippen LogP contribution in [0.15, 0.2) is 12.2 Å². The van der Waals surface area contributed by atoms with Crippen molar-refractivity contribution in [2.45, 2.75) is 39.5 Å². The fourth-order valence-electron chi connectivity index (χ4n) is 1.51. The lowest BCUT2D eigenvalue weighted by molar-refractivity contribution is -0.131. The zero-order chi connectivity index (χ0) is 11.8. The third-order valence-electron chi connectivity index (χ3n) is 2.25. The first-order valence-corrected chi connectivity index (χ1v) is 5.42. The van der Waals surface area contributed by atoms with Gasteiger partial charge in [0.25, 0.3) is 0 Å². The van der Waals surface area contributed by atoms with Gasteiger partial charge in [-0.2, -0.15) is 0 Å². The number of rotatable bonds is 8. The largest absolute Gasteiger partial charge is 0.392 e. The van der Waals surface area contributed by atoms with E-state index in [2.05, 4.69) is 6.58 Å². The van der Waals surface area contributed by atoms with Gasteiger partial charge in [-0.3, -0.25) is 9.59 Å². The first kappa shape index (κ1) is 14.0. The molecule has 0 rings (SSSR count). The zero-order valence-electron chi connectivity index (χ0n) is 9.58. The maximum atomic E-state index is 11.7. The van der Waals surface area contributed by atoms with Crippen molar-refractivity contribution in [1.82, 2.24) is 0 Å². The second-order valence-electron chi connectivity index (χ2n) is 3.68. The number of hydrogen-bond acceptors (Lipinski definition) is 3. The van der Waals surface area contributed by atoms with E-state index in [9.17, 15) is 9.59 Å². The first-order valence-electron chi connectivity index (χ1n) is 5.42. The summed E-state index contributed by atoms with van der Waals surface area (Å²) in [6.45, 7) is 7.07. The average molecular weight is 212 g/mol. The number of carbonyl (C=O) groups excluding carboxylic acids is 2. The summed E-state index contributed by atoms with van der Waals surface area (Å²) < 4.78 is 0. The lowest BCUT2D eigenvalue weighted by Crippen LogP contribution is -2.26. The molecule has 0 aliphatic heterocycles. The van der Waals surface area contributed by atoms with Crippen molar-refractivity contribution < 1.29 is 14.7 Å². The molecule has 0 bridgehead atoms. The van der Waals surface area contributed by atoms with Gasteiger partial charge in [0.15, 0.2) is 0 Å². The van der Waals surface area contributed by atoms with Gasteiger partial charge in [-0.1, -0.05) is 20.4 Å². The predicted octanol–water partition coefficient (Wildman–Crippen LogP) is 1.89. The topological polar surface area (TPSA) is 54.4 Å². The van der Waals surface area contributed by atoms with Gasteiger partial charge in [0.2, 0.25) is 0 Å². The molecule has 0 unspecified atom stereocenters. The number of aliphatic hydroxyl groups excluding tert-OH is 1. The maximum absolute atomic E-state index is 11.7. The lowest BCUT2D eigenvalue weighted by Gasteiger charge is -2.15. The number of aliphatic hydroxyl groups is 1. The number of Topliss-reactive ketones (excluding diaryl/α,β-unsaturated/α-hetero) is 2. The Morgan fingerprint density at radius 1 is 1.13 bits per heavy atom. The highest BCUT2D eigenvalue weighted by molar-refractivity contribution is 6.05. The summed E-state index contributed by atoms with van der Waals surface area (Å²) in [7, 11) is 0. The minimum absolute atomic E-state index is 0.116. The van der Waals surface area contributed by atoms with E-state index in [1.807, 2.05) is 13.8 Å². The van der Waals surface area contributed by atoms with Crippen molar-refractivity contribution in [1.29, 1.82) is 0 Å². The van der Waals surface area contributed by atoms with Crippen LogP contribution in [0, 0.1) is 5.92 Å². The molecule has 0 fully saturated rings. The van der Waals surface area contributed by atoms with Crippen LogP contribution >= 0.6 is 0 Å². The van der Waals surface area contributed by atoms with Crippen LogP contribution in [0.25, 0.3) is 0 Å². The van der Waals surface area contributed by atoms with Crippen molar-refractivity contribution in [3.05, 3.63) is 12.2 Å². The van der Waals surface area contributed by atoms with E-state index in [-0.39, 0.29) is 18.2 Å². The van der Waals surface area contributed by atoms with Crippen LogP contribution in [0.1, 0.15) is 39.5 Å². The zero-order valence-corrected chi connectivity index (χ0v) is 9.58. The Kier molecular flexibility index (Phi) is 6.88. The third-order valence-corrected chi connectivity index (χ3v) is 2.25. The molecule has 15 heavy (non-hydrogen) atoms. The van der Waals surface area contributed by atoms with Crippen molar-refractivity contribution in [2.24, 2.45) is 5.92 Å². The molecule has 0 radical (unpaired) electrons. The van der Waals surface area contributed by atoms with Gasteiger partial charge in [0.1, 0.15) is 11.6 Å². The number of carbonyl (C=O) groups is 2. The molecule has 0 heterocycles.